The van der Waals surface area contributed by atoms with Crippen LogP contribution in [0, 0.1) is 12.3 Å². The van der Waals surface area contributed by atoms with Gasteiger partial charge in [0.1, 0.15) is 12.7 Å². The summed E-state index contributed by atoms with van der Waals surface area (Å²) in [5, 5.41) is 10.4. The molecule has 0 radical (unpaired) electrons. The van der Waals surface area contributed by atoms with Crippen molar-refractivity contribution >= 4 is 0 Å². The van der Waals surface area contributed by atoms with Gasteiger partial charge in [0.05, 0.1) is 13.7 Å². The van der Waals surface area contributed by atoms with Gasteiger partial charge in [-0.3, -0.25) is 4.90 Å². The van der Waals surface area contributed by atoms with Crippen LogP contribution < -0.4 is 9.47 Å². The molecule has 28 heavy (non-hydrogen) atoms. The molecule has 5 nitrogen and oxygen atoms in total. The summed E-state index contributed by atoms with van der Waals surface area (Å²) >= 11 is 0. The van der Waals surface area contributed by atoms with Crippen LogP contribution in [0.2, 0.25) is 0 Å². The minimum absolute atomic E-state index is 0.256. The van der Waals surface area contributed by atoms with Gasteiger partial charge in [-0.05, 0) is 43.6 Å². The van der Waals surface area contributed by atoms with Gasteiger partial charge in [0.15, 0.2) is 11.5 Å². The van der Waals surface area contributed by atoms with Crippen molar-refractivity contribution in [3.63, 3.8) is 0 Å². The van der Waals surface area contributed by atoms with Crippen LogP contribution in [-0.2, 0) is 6.54 Å². The summed E-state index contributed by atoms with van der Waals surface area (Å²) in [4.78, 5) is 4.45. The first-order valence-corrected chi connectivity index (χ1v) is 10.1. The second kappa shape index (κ2) is 12.5. The van der Waals surface area contributed by atoms with Crippen molar-refractivity contribution in [1.29, 1.82) is 0 Å². The van der Waals surface area contributed by atoms with E-state index in [0.29, 0.717) is 31.1 Å². The van der Waals surface area contributed by atoms with Gasteiger partial charge in [-0.25, -0.2) is 0 Å². The molecule has 5 heteroatoms. The Morgan fingerprint density at radius 1 is 1.29 bits per heavy atom. The molecule has 1 aliphatic heterocycles. The maximum atomic E-state index is 10.4. The number of aliphatic hydroxyl groups excluding tert-OH is 1. The fraction of sp³-hybridized carbons (Fsp3) is 0.565. The Balaban J connectivity index is 1.90. The smallest absolute Gasteiger partial charge is 0.161 e. The number of hydrogen-bond acceptors (Lipinski definition) is 5. The molecule has 0 amide bonds. The number of ether oxygens (including phenoxy) is 2. The lowest BCUT2D eigenvalue weighted by Crippen LogP contribution is -2.36. The molecule has 1 heterocycles. The largest absolute Gasteiger partial charge is 0.493 e. The van der Waals surface area contributed by atoms with E-state index in [4.69, 9.17) is 15.9 Å². The van der Waals surface area contributed by atoms with Crippen LogP contribution in [0.4, 0.5) is 0 Å². The number of nitrogens with zero attached hydrogens (tertiary/aromatic N) is 2. The Labute approximate surface area is 169 Å². The van der Waals surface area contributed by atoms with Crippen LogP contribution in [-0.4, -0.2) is 67.5 Å². The number of benzene rings is 1. The van der Waals surface area contributed by atoms with Crippen LogP contribution in [0.3, 0.4) is 0 Å². The number of rotatable bonds is 11. The summed E-state index contributed by atoms with van der Waals surface area (Å²) in [7, 11) is 1.63. The number of aliphatic hydroxyl groups is 1. The molecule has 154 valence electrons. The van der Waals surface area contributed by atoms with E-state index >= 15 is 0 Å². The van der Waals surface area contributed by atoms with E-state index in [1.54, 1.807) is 7.11 Å². The van der Waals surface area contributed by atoms with Crippen molar-refractivity contribution in [1.82, 2.24) is 9.80 Å². The molecule has 0 spiro atoms. The quantitative estimate of drug-likeness (QED) is 0.468. The second-order valence-electron chi connectivity index (χ2n) is 7.33. The Morgan fingerprint density at radius 2 is 2.04 bits per heavy atom. The highest BCUT2D eigenvalue weighted by Gasteiger charge is 2.15. The SMILES string of the molecule is C#CCN(CC=C)Cc1ccc(OCC(O)CN2CCCCCC2)c(OC)c1. The number of terminal acetylenes is 1. The molecule has 0 bridgehead atoms. The third-order valence-corrected chi connectivity index (χ3v) is 4.94. The molecule has 2 rings (SSSR count). The average Bonchev–Trinajstić information content (AvgIpc) is 2.96. The van der Waals surface area contributed by atoms with E-state index < -0.39 is 6.10 Å². The number of likely N-dealkylation sites (tertiary alicyclic amines) is 1. The van der Waals surface area contributed by atoms with E-state index in [-0.39, 0.29) is 6.61 Å². The normalized spacial score (nSPS) is 16.2. The summed E-state index contributed by atoms with van der Waals surface area (Å²) in [6, 6.07) is 5.86. The van der Waals surface area contributed by atoms with Crippen molar-refractivity contribution in [3.8, 4) is 23.8 Å². The van der Waals surface area contributed by atoms with Crippen molar-refractivity contribution in [2.45, 2.75) is 38.3 Å². The Bertz CT molecular complexity index is 633. The Hall–Kier alpha value is -2.00. The fourth-order valence-corrected chi connectivity index (χ4v) is 3.54. The van der Waals surface area contributed by atoms with Crippen LogP contribution in [0.25, 0.3) is 0 Å². The molecule has 1 atom stereocenters. The zero-order valence-corrected chi connectivity index (χ0v) is 17.1. The molecule has 1 aliphatic rings. The number of hydrogen-bond donors (Lipinski definition) is 1. The van der Waals surface area contributed by atoms with Crippen molar-refractivity contribution in [2.24, 2.45) is 0 Å². The summed E-state index contributed by atoms with van der Waals surface area (Å²) in [5.41, 5.74) is 1.09. The van der Waals surface area contributed by atoms with Crippen LogP contribution >= 0.6 is 0 Å². The maximum absolute atomic E-state index is 10.4. The lowest BCUT2D eigenvalue weighted by Gasteiger charge is -2.23. The van der Waals surface area contributed by atoms with Gasteiger partial charge in [-0.1, -0.05) is 30.9 Å². The first-order valence-electron chi connectivity index (χ1n) is 10.1. The minimum atomic E-state index is -0.513. The number of β-amino-alcohol motifs (C(OH)–C–C–N with tert-alkyl or cyclic N) is 1. The van der Waals surface area contributed by atoms with E-state index in [9.17, 15) is 5.11 Å². The van der Waals surface area contributed by atoms with Crippen molar-refractivity contribution < 1.29 is 14.6 Å². The monoisotopic (exact) mass is 386 g/mol. The van der Waals surface area contributed by atoms with Gasteiger partial charge in [0, 0.05) is 19.6 Å². The van der Waals surface area contributed by atoms with Crippen molar-refractivity contribution in [2.75, 3.05) is 46.4 Å². The van der Waals surface area contributed by atoms with E-state index in [1.165, 1.54) is 25.7 Å². The molecular formula is C23H34N2O3. The predicted molar refractivity (Wildman–Crippen MR) is 114 cm³/mol. The zero-order chi connectivity index (χ0) is 20.2. The van der Waals surface area contributed by atoms with E-state index in [1.807, 2.05) is 24.3 Å². The van der Waals surface area contributed by atoms with Gasteiger partial charge in [0.25, 0.3) is 0 Å². The first kappa shape index (κ1) is 22.3. The standard InChI is InChI=1S/C23H34N2O3/c1-4-12-24(13-5-2)17-20-10-11-22(23(16-20)27-3)28-19-21(26)18-25-14-8-6-7-9-15-25/h1,5,10-11,16,21,26H,2,6-9,12-15,17-19H2,3H3. The minimum Gasteiger partial charge on any atom is -0.493 e. The van der Waals surface area contributed by atoms with Crippen LogP contribution in [0.1, 0.15) is 31.2 Å². The topological polar surface area (TPSA) is 45.2 Å². The lowest BCUT2D eigenvalue weighted by molar-refractivity contribution is 0.0683. The predicted octanol–water partition coefficient (Wildman–Crippen LogP) is 2.93. The number of methoxy groups -OCH3 is 1. The fourth-order valence-electron chi connectivity index (χ4n) is 3.54. The average molecular weight is 387 g/mol. The van der Waals surface area contributed by atoms with Crippen LogP contribution in [0.5, 0.6) is 11.5 Å². The van der Waals surface area contributed by atoms with Gasteiger partial charge in [-0.2, -0.15) is 0 Å². The molecule has 0 saturated carbocycles. The molecule has 0 aromatic heterocycles. The molecule has 1 saturated heterocycles. The molecule has 1 fully saturated rings. The highest BCUT2D eigenvalue weighted by molar-refractivity contribution is 5.43. The maximum Gasteiger partial charge on any atom is 0.161 e. The summed E-state index contributed by atoms with van der Waals surface area (Å²) in [6.07, 6.45) is 11.8. The molecular weight excluding hydrogens is 352 g/mol. The van der Waals surface area contributed by atoms with E-state index in [0.717, 1.165) is 25.2 Å². The third-order valence-electron chi connectivity index (χ3n) is 4.94. The lowest BCUT2D eigenvalue weighted by atomic mass is 10.2. The van der Waals surface area contributed by atoms with Gasteiger partial charge in [0.2, 0.25) is 0 Å². The van der Waals surface area contributed by atoms with E-state index in [2.05, 4.69) is 22.3 Å². The Morgan fingerprint density at radius 3 is 2.68 bits per heavy atom. The highest BCUT2D eigenvalue weighted by Crippen LogP contribution is 2.28. The van der Waals surface area contributed by atoms with Gasteiger partial charge < -0.3 is 19.5 Å². The van der Waals surface area contributed by atoms with Crippen molar-refractivity contribution in [3.05, 3.63) is 36.4 Å². The summed E-state index contributed by atoms with van der Waals surface area (Å²) in [6.45, 7) is 8.82. The Kier molecular flexibility index (Phi) is 9.92. The van der Waals surface area contributed by atoms with Crippen LogP contribution in [0.15, 0.2) is 30.9 Å². The third kappa shape index (κ3) is 7.55. The summed E-state index contributed by atoms with van der Waals surface area (Å²) in [5.74, 6) is 3.99. The molecule has 1 N–H and O–H groups in total. The molecule has 1 aromatic rings. The highest BCUT2D eigenvalue weighted by atomic mass is 16.5. The first-order chi connectivity index (χ1) is 13.7. The van der Waals surface area contributed by atoms with Gasteiger partial charge in [-0.15, -0.1) is 13.0 Å². The second-order valence-corrected chi connectivity index (χ2v) is 7.33. The summed E-state index contributed by atoms with van der Waals surface area (Å²) < 4.78 is 11.3. The zero-order valence-electron chi connectivity index (χ0n) is 17.1. The van der Waals surface area contributed by atoms with Gasteiger partial charge >= 0.3 is 0 Å². The molecule has 1 unspecified atom stereocenters. The molecule has 1 aromatic carbocycles. The molecule has 0 aliphatic carbocycles.